The molecule has 0 radical (unpaired) electrons. The van der Waals surface area contributed by atoms with Gasteiger partial charge in [0.2, 0.25) is 0 Å². The van der Waals surface area contributed by atoms with E-state index in [1.807, 2.05) is 0 Å². The molecule has 82 valence electrons. The zero-order chi connectivity index (χ0) is 11.4. The van der Waals surface area contributed by atoms with Crippen molar-refractivity contribution in [3.63, 3.8) is 0 Å². The summed E-state index contributed by atoms with van der Waals surface area (Å²) in [4.78, 5) is 10.9. The summed E-state index contributed by atoms with van der Waals surface area (Å²) >= 11 is 5.72. The molecule has 0 saturated carbocycles. The lowest BCUT2D eigenvalue weighted by Gasteiger charge is -2.09. The van der Waals surface area contributed by atoms with Crippen molar-refractivity contribution in [3.8, 4) is 0 Å². The van der Waals surface area contributed by atoms with Crippen LogP contribution in [0.2, 0.25) is 5.02 Å². The summed E-state index contributed by atoms with van der Waals surface area (Å²) in [5.74, 6) is -1.20. The Labute approximate surface area is 91.4 Å². The van der Waals surface area contributed by atoms with Crippen molar-refractivity contribution in [2.24, 2.45) is 0 Å². The van der Waals surface area contributed by atoms with Crippen LogP contribution in [0.1, 0.15) is 5.56 Å². The van der Waals surface area contributed by atoms with Crippen LogP contribution in [0, 0.1) is 5.82 Å². The van der Waals surface area contributed by atoms with Crippen molar-refractivity contribution >= 4 is 17.6 Å². The van der Waals surface area contributed by atoms with Gasteiger partial charge >= 0.3 is 5.97 Å². The van der Waals surface area contributed by atoms with Crippen molar-refractivity contribution in [1.82, 2.24) is 0 Å². The highest BCUT2D eigenvalue weighted by Gasteiger charge is 2.17. The third-order valence-corrected chi connectivity index (χ3v) is 2.25. The van der Waals surface area contributed by atoms with Crippen LogP contribution in [-0.4, -0.2) is 24.3 Å². The molecular weight excluding hydrogens is 223 g/mol. The first-order valence-electron chi connectivity index (χ1n) is 4.24. The van der Waals surface area contributed by atoms with Gasteiger partial charge in [0.15, 0.2) is 6.10 Å². The van der Waals surface area contributed by atoms with E-state index in [0.717, 1.165) is 6.07 Å². The number of hydrogen-bond acceptors (Lipinski definition) is 3. The van der Waals surface area contributed by atoms with Gasteiger partial charge in [-0.15, -0.1) is 0 Å². The van der Waals surface area contributed by atoms with Gasteiger partial charge in [-0.3, -0.25) is 0 Å². The lowest BCUT2D eigenvalue weighted by molar-refractivity contribution is -0.150. The van der Waals surface area contributed by atoms with Crippen LogP contribution in [0.15, 0.2) is 18.2 Å². The maximum Gasteiger partial charge on any atom is 0.335 e. The molecule has 0 spiro atoms. The number of halogens is 2. The molecule has 1 atom stereocenters. The highest BCUT2D eigenvalue weighted by atomic mass is 35.5. The number of benzene rings is 1. The highest BCUT2D eigenvalue weighted by molar-refractivity contribution is 6.31. The van der Waals surface area contributed by atoms with Gasteiger partial charge < -0.3 is 9.84 Å². The summed E-state index contributed by atoms with van der Waals surface area (Å²) in [5.41, 5.74) is 0.496. The average Bonchev–Trinajstić information content (AvgIpc) is 2.20. The Bertz CT molecular complexity index is 368. The summed E-state index contributed by atoms with van der Waals surface area (Å²) in [6.07, 6.45) is -1.27. The SMILES string of the molecule is COC(=O)C(O)Cc1ccc(F)cc1Cl. The Morgan fingerprint density at radius 2 is 2.33 bits per heavy atom. The van der Waals surface area contributed by atoms with Gasteiger partial charge in [0.1, 0.15) is 5.82 Å². The van der Waals surface area contributed by atoms with E-state index in [9.17, 15) is 14.3 Å². The second-order valence-corrected chi connectivity index (χ2v) is 3.39. The number of methoxy groups -OCH3 is 1. The molecule has 0 saturated heterocycles. The second kappa shape index (κ2) is 5.09. The Balaban J connectivity index is 2.76. The minimum atomic E-state index is -1.28. The lowest BCUT2D eigenvalue weighted by Crippen LogP contribution is -2.24. The van der Waals surface area contributed by atoms with E-state index in [0.29, 0.717) is 5.56 Å². The molecule has 0 aliphatic carbocycles. The standard InChI is InChI=1S/C10H10ClFO3/c1-15-10(14)9(13)4-6-2-3-7(12)5-8(6)11/h2-3,5,9,13H,4H2,1H3. The summed E-state index contributed by atoms with van der Waals surface area (Å²) in [7, 11) is 1.18. The van der Waals surface area contributed by atoms with Crippen molar-refractivity contribution < 1.29 is 19.0 Å². The molecule has 1 aromatic rings. The zero-order valence-corrected chi connectivity index (χ0v) is 8.79. The molecule has 0 bridgehead atoms. The number of hydrogen-bond donors (Lipinski definition) is 1. The van der Waals surface area contributed by atoms with Gasteiger partial charge in [-0.25, -0.2) is 9.18 Å². The minimum Gasteiger partial charge on any atom is -0.467 e. The van der Waals surface area contributed by atoms with Crippen LogP contribution in [0.25, 0.3) is 0 Å². The number of ether oxygens (including phenoxy) is 1. The molecule has 15 heavy (non-hydrogen) atoms. The van der Waals surface area contributed by atoms with Gasteiger partial charge in [-0.1, -0.05) is 17.7 Å². The molecule has 0 amide bonds. The van der Waals surface area contributed by atoms with Crippen LogP contribution in [0.5, 0.6) is 0 Å². The Hall–Kier alpha value is -1.13. The van der Waals surface area contributed by atoms with Crippen LogP contribution in [0.3, 0.4) is 0 Å². The van der Waals surface area contributed by atoms with Crippen LogP contribution in [-0.2, 0) is 16.0 Å². The number of carbonyl (C=O) groups excluding carboxylic acids is 1. The van der Waals surface area contributed by atoms with Gasteiger partial charge in [0.05, 0.1) is 7.11 Å². The van der Waals surface area contributed by atoms with E-state index in [4.69, 9.17) is 11.6 Å². The fourth-order valence-corrected chi connectivity index (χ4v) is 1.36. The van der Waals surface area contributed by atoms with Crippen molar-refractivity contribution in [2.75, 3.05) is 7.11 Å². The summed E-state index contributed by atoms with van der Waals surface area (Å²) in [6.45, 7) is 0. The third kappa shape index (κ3) is 3.18. The topological polar surface area (TPSA) is 46.5 Å². The molecular formula is C10H10ClFO3. The van der Waals surface area contributed by atoms with E-state index in [1.54, 1.807) is 0 Å². The Kier molecular flexibility index (Phi) is 4.05. The van der Waals surface area contributed by atoms with E-state index >= 15 is 0 Å². The third-order valence-electron chi connectivity index (χ3n) is 1.90. The molecule has 0 heterocycles. The maximum absolute atomic E-state index is 12.7. The van der Waals surface area contributed by atoms with Gasteiger partial charge in [0, 0.05) is 11.4 Å². The number of aliphatic hydroxyl groups excluding tert-OH is 1. The van der Waals surface area contributed by atoms with Crippen molar-refractivity contribution in [3.05, 3.63) is 34.6 Å². The zero-order valence-electron chi connectivity index (χ0n) is 8.04. The monoisotopic (exact) mass is 232 g/mol. The highest BCUT2D eigenvalue weighted by Crippen LogP contribution is 2.18. The fraction of sp³-hybridized carbons (Fsp3) is 0.300. The van der Waals surface area contributed by atoms with Crippen molar-refractivity contribution in [1.29, 1.82) is 0 Å². The molecule has 0 aliphatic rings. The first kappa shape index (κ1) is 11.9. The lowest BCUT2D eigenvalue weighted by atomic mass is 10.1. The summed E-state index contributed by atoms with van der Waals surface area (Å²) < 4.78 is 17.0. The predicted octanol–water partition coefficient (Wildman–Crippen LogP) is 1.56. The summed E-state index contributed by atoms with van der Waals surface area (Å²) in [6, 6.07) is 3.76. The average molecular weight is 233 g/mol. The molecule has 0 aromatic heterocycles. The number of aliphatic hydroxyl groups is 1. The molecule has 1 rings (SSSR count). The van der Waals surface area contributed by atoms with E-state index in [-0.39, 0.29) is 11.4 Å². The van der Waals surface area contributed by atoms with E-state index < -0.39 is 17.9 Å². The molecule has 1 unspecified atom stereocenters. The molecule has 0 fully saturated rings. The Morgan fingerprint density at radius 3 is 2.87 bits per heavy atom. The number of esters is 1. The smallest absolute Gasteiger partial charge is 0.335 e. The van der Waals surface area contributed by atoms with Gasteiger partial charge in [-0.05, 0) is 17.7 Å². The first-order valence-corrected chi connectivity index (χ1v) is 4.62. The van der Waals surface area contributed by atoms with E-state index in [2.05, 4.69) is 4.74 Å². The summed E-state index contributed by atoms with van der Waals surface area (Å²) in [5, 5.41) is 9.52. The van der Waals surface area contributed by atoms with Crippen molar-refractivity contribution in [2.45, 2.75) is 12.5 Å². The quantitative estimate of drug-likeness (QED) is 0.805. The van der Waals surface area contributed by atoms with Crippen LogP contribution >= 0.6 is 11.6 Å². The molecule has 3 nitrogen and oxygen atoms in total. The van der Waals surface area contributed by atoms with E-state index in [1.165, 1.54) is 19.2 Å². The number of rotatable bonds is 3. The molecule has 0 aliphatic heterocycles. The van der Waals surface area contributed by atoms with Crippen LogP contribution in [0.4, 0.5) is 4.39 Å². The van der Waals surface area contributed by atoms with Gasteiger partial charge in [0.25, 0.3) is 0 Å². The first-order chi connectivity index (χ1) is 7.04. The van der Waals surface area contributed by atoms with Crippen LogP contribution < -0.4 is 0 Å². The maximum atomic E-state index is 12.7. The normalized spacial score (nSPS) is 12.3. The number of carbonyl (C=O) groups is 1. The largest absolute Gasteiger partial charge is 0.467 e. The molecule has 1 aromatic carbocycles. The fourth-order valence-electron chi connectivity index (χ4n) is 1.11. The predicted molar refractivity (Wildman–Crippen MR) is 53.1 cm³/mol. The Morgan fingerprint density at radius 1 is 1.67 bits per heavy atom. The molecule has 5 heteroatoms. The minimum absolute atomic E-state index is 0.00574. The van der Waals surface area contributed by atoms with Gasteiger partial charge in [-0.2, -0.15) is 0 Å². The second-order valence-electron chi connectivity index (χ2n) is 2.98. The molecule has 1 N–H and O–H groups in total.